The van der Waals surface area contributed by atoms with E-state index in [0.717, 1.165) is 6.07 Å². The van der Waals surface area contributed by atoms with Gasteiger partial charge in [-0.2, -0.15) is 0 Å². The van der Waals surface area contributed by atoms with Gasteiger partial charge in [-0.3, -0.25) is 9.59 Å². The molecule has 0 aromatic heterocycles. The molecule has 0 radical (unpaired) electrons. The average Bonchev–Trinajstić information content (AvgIpc) is 2.59. The number of hydrogen-bond acceptors (Lipinski definition) is 3. The fourth-order valence-electron chi connectivity index (χ4n) is 2.21. The van der Waals surface area contributed by atoms with Gasteiger partial charge in [-0.05, 0) is 37.3 Å². The van der Waals surface area contributed by atoms with Crippen LogP contribution in [0.5, 0.6) is 5.75 Å². The SMILES string of the molecule is CCN(CC(=O)Nc1cccc(OC)c1)C(=O)c1cccc(F)c1. The molecule has 0 saturated heterocycles. The minimum Gasteiger partial charge on any atom is -0.497 e. The molecular weight excluding hydrogens is 311 g/mol. The summed E-state index contributed by atoms with van der Waals surface area (Å²) in [5.41, 5.74) is 0.791. The fraction of sp³-hybridized carbons (Fsp3) is 0.222. The van der Waals surface area contributed by atoms with Crippen molar-refractivity contribution in [2.75, 3.05) is 25.5 Å². The molecule has 2 aromatic carbocycles. The molecule has 0 atom stereocenters. The Kier molecular flexibility index (Phi) is 5.89. The summed E-state index contributed by atoms with van der Waals surface area (Å²) < 4.78 is 18.3. The lowest BCUT2D eigenvalue weighted by Crippen LogP contribution is -2.37. The van der Waals surface area contributed by atoms with Gasteiger partial charge in [0.1, 0.15) is 18.1 Å². The van der Waals surface area contributed by atoms with Crippen molar-refractivity contribution in [2.24, 2.45) is 0 Å². The third-order valence-electron chi connectivity index (χ3n) is 3.43. The summed E-state index contributed by atoms with van der Waals surface area (Å²) >= 11 is 0. The van der Waals surface area contributed by atoms with E-state index in [1.807, 2.05) is 0 Å². The Morgan fingerprint density at radius 3 is 2.58 bits per heavy atom. The van der Waals surface area contributed by atoms with E-state index in [1.54, 1.807) is 31.2 Å². The normalized spacial score (nSPS) is 10.1. The van der Waals surface area contributed by atoms with Crippen LogP contribution >= 0.6 is 0 Å². The summed E-state index contributed by atoms with van der Waals surface area (Å²) in [5, 5.41) is 2.71. The minimum atomic E-state index is -0.488. The number of nitrogens with zero attached hydrogens (tertiary/aromatic N) is 1. The standard InChI is InChI=1S/C18H19FN2O3/c1-3-21(18(23)13-6-4-7-14(19)10-13)12-17(22)20-15-8-5-9-16(11-15)24-2/h4-11H,3,12H2,1-2H3,(H,20,22). The fourth-order valence-corrected chi connectivity index (χ4v) is 2.21. The second kappa shape index (κ2) is 8.10. The van der Waals surface area contributed by atoms with Crippen molar-refractivity contribution in [1.29, 1.82) is 0 Å². The molecule has 2 rings (SSSR count). The van der Waals surface area contributed by atoms with Crippen LogP contribution in [0.2, 0.25) is 0 Å². The Hall–Kier alpha value is -2.89. The second-order valence-corrected chi connectivity index (χ2v) is 5.11. The predicted molar refractivity (Wildman–Crippen MR) is 89.6 cm³/mol. The number of carbonyl (C=O) groups excluding carboxylic acids is 2. The number of anilines is 1. The highest BCUT2D eigenvalue weighted by atomic mass is 19.1. The van der Waals surface area contributed by atoms with E-state index in [-0.39, 0.29) is 18.0 Å². The third kappa shape index (κ3) is 4.55. The van der Waals surface area contributed by atoms with Crippen LogP contribution in [-0.2, 0) is 4.79 Å². The predicted octanol–water partition coefficient (Wildman–Crippen LogP) is 2.94. The van der Waals surface area contributed by atoms with Gasteiger partial charge in [0, 0.05) is 23.9 Å². The highest BCUT2D eigenvalue weighted by Crippen LogP contribution is 2.16. The number of benzene rings is 2. The number of amides is 2. The summed E-state index contributed by atoms with van der Waals surface area (Å²) in [7, 11) is 1.54. The summed E-state index contributed by atoms with van der Waals surface area (Å²) in [6.45, 7) is 1.97. The summed E-state index contributed by atoms with van der Waals surface area (Å²) in [6, 6.07) is 12.3. The lowest BCUT2D eigenvalue weighted by Gasteiger charge is -2.20. The van der Waals surface area contributed by atoms with E-state index < -0.39 is 11.7 Å². The Morgan fingerprint density at radius 1 is 1.17 bits per heavy atom. The molecule has 0 unspecified atom stereocenters. The molecule has 0 aliphatic rings. The number of carbonyl (C=O) groups is 2. The van der Waals surface area contributed by atoms with Crippen LogP contribution in [0.3, 0.4) is 0 Å². The molecule has 0 heterocycles. The van der Waals surface area contributed by atoms with Gasteiger partial charge in [-0.1, -0.05) is 12.1 Å². The lowest BCUT2D eigenvalue weighted by atomic mass is 10.2. The van der Waals surface area contributed by atoms with Crippen LogP contribution in [-0.4, -0.2) is 36.9 Å². The number of likely N-dealkylation sites (N-methyl/N-ethyl adjacent to an activating group) is 1. The van der Waals surface area contributed by atoms with Gasteiger partial charge >= 0.3 is 0 Å². The van der Waals surface area contributed by atoms with Crippen molar-refractivity contribution < 1.29 is 18.7 Å². The van der Waals surface area contributed by atoms with E-state index >= 15 is 0 Å². The van der Waals surface area contributed by atoms with Crippen molar-refractivity contribution in [3.8, 4) is 5.75 Å². The zero-order valence-electron chi connectivity index (χ0n) is 13.6. The number of rotatable bonds is 6. The second-order valence-electron chi connectivity index (χ2n) is 5.11. The highest BCUT2D eigenvalue weighted by molar-refractivity contribution is 5.99. The topological polar surface area (TPSA) is 58.6 Å². The molecule has 24 heavy (non-hydrogen) atoms. The summed E-state index contributed by atoms with van der Waals surface area (Å²) in [5.74, 6) is -0.596. The Labute approximate surface area is 140 Å². The molecule has 2 amide bonds. The van der Waals surface area contributed by atoms with Crippen LogP contribution in [0.4, 0.5) is 10.1 Å². The zero-order chi connectivity index (χ0) is 17.5. The molecule has 0 aliphatic carbocycles. The molecule has 0 aliphatic heterocycles. The van der Waals surface area contributed by atoms with E-state index in [1.165, 1.54) is 30.2 Å². The first-order chi connectivity index (χ1) is 11.5. The van der Waals surface area contributed by atoms with Crippen LogP contribution in [0.25, 0.3) is 0 Å². The molecule has 6 heteroatoms. The minimum absolute atomic E-state index is 0.122. The Bertz CT molecular complexity index is 734. The first-order valence-electron chi connectivity index (χ1n) is 7.52. The quantitative estimate of drug-likeness (QED) is 0.886. The maximum absolute atomic E-state index is 13.3. The van der Waals surface area contributed by atoms with E-state index in [0.29, 0.717) is 18.0 Å². The smallest absolute Gasteiger partial charge is 0.254 e. The summed E-state index contributed by atoms with van der Waals surface area (Å²) in [4.78, 5) is 25.9. The molecule has 2 aromatic rings. The van der Waals surface area contributed by atoms with E-state index in [4.69, 9.17) is 4.74 Å². The maximum Gasteiger partial charge on any atom is 0.254 e. The van der Waals surface area contributed by atoms with Crippen LogP contribution in [0, 0.1) is 5.82 Å². The van der Waals surface area contributed by atoms with Gasteiger partial charge in [-0.25, -0.2) is 4.39 Å². The van der Waals surface area contributed by atoms with Crippen molar-refractivity contribution in [1.82, 2.24) is 4.90 Å². The molecule has 0 fully saturated rings. The number of halogens is 1. The molecule has 0 saturated carbocycles. The zero-order valence-corrected chi connectivity index (χ0v) is 13.6. The van der Waals surface area contributed by atoms with Gasteiger partial charge in [0.15, 0.2) is 0 Å². The van der Waals surface area contributed by atoms with E-state index in [2.05, 4.69) is 5.32 Å². The van der Waals surface area contributed by atoms with Gasteiger partial charge < -0.3 is 15.0 Å². The molecule has 0 bridgehead atoms. The number of ether oxygens (including phenoxy) is 1. The number of methoxy groups -OCH3 is 1. The first kappa shape index (κ1) is 17.5. The lowest BCUT2D eigenvalue weighted by molar-refractivity contribution is -0.116. The molecule has 1 N–H and O–H groups in total. The molecular formula is C18H19FN2O3. The Balaban J connectivity index is 2.03. The highest BCUT2D eigenvalue weighted by Gasteiger charge is 2.18. The van der Waals surface area contributed by atoms with Gasteiger partial charge in [0.25, 0.3) is 5.91 Å². The van der Waals surface area contributed by atoms with Crippen molar-refractivity contribution in [3.05, 3.63) is 59.9 Å². The van der Waals surface area contributed by atoms with Gasteiger partial charge in [0.05, 0.1) is 7.11 Å². The number of hydrogen-bond donors (Lipinski definition) is 1. The van der Waals surface area contributed by atoms with Crippen LogP contribution in [0.1, 0.15) is 17.3 Å². The average molecular weight is 330 g/mol. The van der Waals surface area contributed by atoms with Crippen LogP contribution < -0.4 is 10.1 Å². The Morgan fingerprint density at radius 2 is 1.92 bits per heavy atom. The maximum atomic E-state index is 13.3. The molecule has 126 valence electrons. The number of nitrogens with one attached hydrogen (secondary N) is 1. The summed E-state index contributed by atoms with van der Waals surface area (Å²) in [6.07, 6.45) is 0. The van der Waals surface area contributed by atoms with Gasteiger partial charge in [0.2, 0.25) is 5.91 Å². The molecule has 0 spiro atoms. The first-order valence-corrected chi connectivity index (χ1v) is 7.52. The largest absolute Gasteiger partial charge is 0.497 e. The van der Waals surface area contributed by atoms with Crippen molar-refractivity contribution >= 4 is 17.5 Å². The van der Waals surface area contributed by atoms with Gasteiger partial charge in [-0.15, -0.1) is 0 Å². The van der Waals surface area contributed by atoms with Crippen LogP contribution in [0.15, 0.2) is 48.5 Å². The molecule has 5 nitrogen and oxygen atoms in total. The monoisotopic (exact) mass is 330 g/mol. The van der Waals surface area contributed by atoms with Crippen molar-refractivity contribution in [3.63, 3.8) is 0 Å². The van der Waals surface area contributed by atoms with Crippen molar-refractivity contribution in [2.45, 2.75) is 6.92 Å². The third-order valence-corrected chi connectivity index (χ3v) is 3.43. The van der Waals surface area contributed by atoms with E-state index in [9.17, 15) is 14.0 Å².